The maximum atomic E-state index is 10.7. The van der Waals surface area contributed by atoms with Crippen molar-refractivity contribution in [3.8, 4) is 11.8 Å². The zero-order chi connectivity index (χ0) is 11.4. The number of nitro benzene ring substituents is 1. The summed E-state index contributed by atoms with van der Waals surface area (Å²) in [5.74, 6) is 0.371. The monoisotopic (exact) mass is 270 g/mol. The van der Waals surface area contributed by atoms with Crippen molar-refractivity contribution in [2.24, 2.45) is 0 Å². The molecule has 0 aliphatic rings. The lowest BCUT2D eigenvalue weighted by Crippen LogP contribution is -1.97. The van der Waals surface area contributed by atoms with E-state index in [0.717, 1.165) is 0 Å². The predicted octanol–water partition coefficient (Wildman–Crippen LogP) is 2.37. The summed E-state index contributed by atoms with van der Waals surface area (Å²) in [5.41, 5.74) is 0.382. The largest absolute Gasteiger partial charge is 0.496 e. The summed E-state index contributed by atoms with van der Waals surface area (Å²) in [6.45, 7) is 0. The van der Waals surface area contributed by atoms with Crippen molar-refractivity contribution in [3.63, 3.8) is 0 Å². The molecule has 6 heteroatoms. The molecule has 0 spiro atoms. The summed E-state index contributed by atoms with van der Waals surface area (Å²) < 4.78 is 4.91. The summed E-state index contributed by atoms with van der Waals surface area (Å²) in [4.78, 5) is 10.1. The predicted molar refractivity (Wildman–Crippen MR) is 57.0 cm³/mol. The Labute approximate surface area is 94.6 Å². The molecule has 0 radical (unpaired) electrons. The molecule has 0 unspecified atom stereocenters. The molecule has 0 amide bonds. The highest BCUT2D eigenvalue weighted by Crippen LogP contribution is 2.29. The normalized spacial score (nSPS) is 9.40. The third-order valence-electron chi connectivity index (χ3n) is 1.86. The number of nitriles is 1. The number of nitrogens with zero attached hydrogens (tertiary/aromatic N) is 2. The topological polar surface area (TPSA) is 76.2 Å². The third kappa shape index (κ3) is 2.25. The summed E-state index contributed by atoms with van der Waals surface area (Å²) in [7, 11) is 1.42. The smallest absolute Gasteiger partial charge is 0.291 e. The Morgan fingerprint density at radius 3 is 2.73 bits per heavy atom. The molecule has 0 saturated heterocycles. The summed E-state index contributed by atoms with van der Waals surface area (Å²) in [5, 5.41) is 19.9. The lowest BCUT2D eigenvalue weighted by molar-refractivity contribution is -0.385. The SMILES string of the molecule is COc1cc(CBr)c(C#N)c([N+](=O)[O-])c1. The zero-order valence-electron chi connectivity index (χ0n) is 7.86. The van der Waals surface area contributed by atoms with Crippen LogP contribution in [0.15, 0.2) is 12.1 Å². The van der Waals surface area contributed by atoms with Gasteiger partial charge in [-0.3, -0.25) is 10.1 Å². The number of hydrogen-bond donors (Lipinski definition) is 0. The van der Waals surface area contributed by atoms with Gasteiger partial charge < -0.3 is 4.74 Å². The van der Waals surface area contributed by atoms with Crippen LogP contribution in [0.25, 0.3) is 0 Å². The van der Waals surface area contributed by atoms with Crippen molar-refractivity contribution in [2.45, 2.75) is 5.33 Å². The van der Waals surface area contributed by atoms with Crippen molar-refractivity contribution in [1.82, 2.24) is 0 Å². The molecule has 0 aromatic heterocycles. The Bertz CT molecular complexity index is 440. The van der Waals surface area contributed by atoms with E-state index in [1.807, 2.05) is 6.07 Å². The van der Waals surface area contributed by atoms with Crippen LogP contribution in [-0.2, 0) is 5.33 Å². The van der Waals surface area contributed by atoms with Crippen LogP contribution in [0.5, 0.6) is 5.75 Å². The average Bonchev–Trinajstić information content (AvgIpc) is 2.26. The highest BCUT2D eigenvalue weighted by molar-refractivity contribution is 9.08. The third-order valence-corrected chi connectivity index (χ3v) is 2.46. The molecule has 0 fully saturated rings. The number of benzene rings is 1. The van der Waals surface area contributed by atoms with Gasteiger partial charge in [0, 0.05) is 5.33 Å². The van der Waals surface area contributed by atoms with Gasteiger partial charge in [-0.1, -0.05) is 15.9 Å². The summed E-state index contributed by atoms with van der Waals surface area (Å²) in [6.07, 6.45) is 0. The maximum Gasteiger partial charge on any atom is 0.291 e. The molecule has 0 aliphatic heterocycles. The molecule has 5 nitrogen and oxygen atoms in total. The Morgan fingerprint density at radius 1 is 1.67 bits per heavy atom. The van der Waals surface area contributed by atoms with E-state index >= 15 is 0 Å². The van der Waals surface area contributed by atoms with Crippen molar-refractivity contribution in [3.05, 3.63) is 33.4 Å². The van der Waals surface area contributed by atoms with Crippen molar-refractivity contribution >= 4 is 21.6 Å². The van der Waals surface area contributed by atoms with Gasteiger partial charge in [-0.15, -0.1) is 0 Å². The highest BCUT2D eigenvalue weighted by Gasteiger charge is 2.19. The second-order valence-corrected chi connectivity index (χ2v) is 3.24. The van der Waals surface area contributed by atoms with Crippen LogP contribution in [0.4, 0.5) is 5.69 Å². The van der Waals surface area contributed by atoms with Crippen LogP contribution < -0.4 is 4.74 Å². The molecule has 0 saturated carbocycles. The molecular formula is C9H7BrN2O3. The van der Waals surface area contributed by atoms with Crippen molar-refractivity contribution < 1.29 is 9.66 Å². The van der Waals surface area contributed by atoms with E-state index in [-0.39, 0.29) is 11.3 Å². The highest BCUT2D eigenvalue weighted by atomic mass is 79.9. The van der Waals surface area contributed by atoms with Crippen LogP contribution in [-0.4, -0.2) is 12.0 Å². The molecule has 0 bridgehead atoms. The van der Waals surface area contributed by atoms with Gasteiger partial charge in [-0.2, -0.15) is 5.26 Å². The van der Waals surface area contributed by atoms with E-state index in [9.17, 15) is 10.1 Å². The van der Waals surface area contributed by atoms with E-state index in [1.54, 1.807) is 6.07 Å². The molecule has 1 aromatic rings. The fourth-order valence-electron chi connectivity index (χ4n) is 1.15. The second kappa shape index (κ2) is 4.75. The van der Waals surface area contributed by atoms with Gasteiger partial charge in [-0.25, -0.2) is 0 Å². The maximum absolute atomic E-state index is 10.7. The number of rotatable bonds is 3. The first-order valence-electron chi connectivity index (χ1n) is 3.95. The number of halogens is 1. The van der Waals surface area contributed by atoms with E-state index in [4.69, 9.17) is 10.00 Å². The molecule has 0 heterocycles. The van der Waals surface area contributed by atoms with Crippen LogP contribution in [0.2, 0.25) is 0 Å². The van der Waals surface area contributed by atoms with Crippen molar-refractivity contribution in [1.29, 1.82) is 5.26 Å². The van der Waals surface area contributed by atoms with Crippen LogP contribution in [0.3, 0.4) is 0 Å². The van der Waals surface area contributed by atoms with Gasteiger partial charge >= 0.3 is 0 Å². The first-order valence-corrected chi connectivity index (χ1v) is 5.07. The minimum atomic E-state index is -0.590. The molecule has 1 aromatic carbocycles. The average molecular weight is 271 g/mol. The number of alkyl halides is 1. The number of nitro groups is 1. The minimum absolute atomic E-state index is 0.0673. The molecule has 1 rings (SSSR count). The molecule has 15 heavy (non-hydrogen) atoms. The van der Waals surface area contributed by atoms with Gasteiger partial charge in [0.25, 0.3) is 5.69 Å². The lowest BCUT2D eigenvalue weighted by atomic mass is 10.1. The molecule has 78 valence electrons. The quantitative estimate of drug-likeness (QED) is 0.480. The Hall–Kier alpha value is -1.61. The van der Waals surface area contributed by atoms with Crippen LogP contribution >= 0.6 is 15.9 Å². The van der Waals surface area contributed by atoms with Gasteiger partial charge in [-0.05, 0) is 11.6 Å². The van der Waals surface area contributed by atoms with E-state index in [1.165, 1.54) is 13.2 Å². The lowest BCUT2D eigenvalue weighted by Gasteiger charge is -2.04. The number of ether oxygens (including phenoxy) is 1. The first-order chi connectivity index (χ1) is 7.13. The number of methoxy groups -OCH3 is 1. The summed E-state index contributed by atoms with van der Waals surface area (Å²) in [6, 6.07) is 4.66. The Balaban J connectivity index is 3.48. The van der Waals surface area contributed by atoms with Gasteiger partial charge in [0.15, 0.2) is 0 Å². The Morgan fingerprint density at radius 2 is 2.33 bits per heavy atom. The second-order valence-electron chi connectivity index (χ2n) is 2.68. The first kappa shape index (κ1) is 11.5. The van der Waals surface area contributed by atoms with E-state index in [2.05, 4.69) is 15.9 Å². The van der Waals surface area contributed by atoms with Gasteiger partial charge in [0.05, 0.1) is 18.1 Å². The molecule has 0 N–H and O–H groups in total. The number of hydrogen-bond acceptors (Lipinski definition) is 4. The van der Waals surface area contributed by atoms with Gasteiger partial charge in [0.2, 0.25) is 0 Å². The van der Waals surface area contributed by atoms with Crippen molar-refractivity contribution in [2.75, 3.05) is 7.11 Å². The molecular weight excluding hydrogens is 264 g/mol. The fraction of sp³-hybridized carbons (Fsp3) is 0.222. The van der Waals surface area contributed by atoms with E-state index in [0.29, 0.717) is 16.6 Å². The van der Waals surface area contributed by atoms with Crippen LogP contribution in [0, 0.1) is 21.4 Å². The zero-order valence-corrected chi connectivity index (χ0v) is 9.44. The molecule has 0 atom stereocenters. The van der Waals surface area contributed by atoms with Crippen LogP contribution in [0.1, 0.15) is 11.1 Å². The summed E-state index contributed by atoms with van der Waals surface area (Å²) >= 11 is 3.17. The fourth-order valence-corrected chi connectivity index (χ4v) is 1.60. The Kier molecular flexibility index (Phi) is 3.63. The molecule has 0 aliphatic carbocycles. The standard InChI is InChI=1S/C9H7BrN2O3/c1-15-7-2-6(4-10)8(5-11)9(3-7)12(13)14/h2-3H,4H2,1H3. The van der Waals surface area contributed by atoms with Gasteiger partial charge in [0.1, 0.15) is 17.4 Å². The minimum Gasteiger partial charge on any atom is -0.496 e. The van der Waals surface area contributed by atoms with E-state index < -0.39 is 4.92 Å².